The minimum atomic E-state index is -1.26. The molecule has 10 nitrogen and oxygen atoms in total. The minimum absolute atomic E-state index is 0.0355. The summed E-state index contributed by atoms with van der Waals surface area (Å²) in [5.74, 6) is -0.685. The molecule has 0 bridgehead atoms. The van der Waals surface area contributed by atoms with Gasteiger partial charge in [-0.1, -0.05) is 0 Å². The van der Waals surface area contributed by atoms with Crippen LogP contribution in [0.5, 0.6) is 0 Å². The van der Waals surface area contributed by atoms with Crippen LogP contribution in [0.1, 0.15) is 5.69 Å². The van der Waals surface area contributed by atoms with Crippen molar-refractivity contribution in [1.29, 1.82) is 0 Å². The van der Waals surface area contributed by atoms with Gasteiger partial charge in [0.05, 0.1) is 5.69 Å². The number of rotatable bonds is 8. The average molecular weight is 421 g/mol. The zero-order valence-electron chi connectivity index (χ0n) is 13.8. The molecule has 8 N–H and O–H groups in total. The van der Waals surface area contributed by atoms with E-state index in [1.165, 1.54) is 11.3 Å². The summed E-state index contributed by atoms with van der Waals surface area (Å²) in [4.78, 5) is 27.3. The quantitative estimate of drug-likeness (QED) is 0.110. The highest BCUT2D eigenvalue weighted by atomic mass is 32.2. The number of thiocarbonyl (C=S) groups is 1. The summed E-state index contributed by atoms with van der Waals surface area (Å²) >= 11 is 8.17. The van der Waals surface area contributed by atoms with Gasteiger partial charge in [0.1, 0.15) is 0 Å². The van der Waals surface area contributed by atoms with Crippen LogP contribution in [0.25, 0.3) is 0 Å². The molecule has 0 saturated heterocycles. The normalized spacial score (nSPS) is 9.73. The third kappa shape index (κ3) is 14.0. The number of hydrogen-bond acceptors (Lipinski definition) is 7. The van der Waals surface area contributed by atoms with Gasteiger partial charge < -0.3 is 32.3 Å². The van der Waals surface area contributed by atoms with Crippen molar-refractivity contribution in [2.45, 2.75) is 5.75 Å². The summed E-state index contributed by atoms with van der Waals surface area (Å²) in [5.41, 5.74) is 11.5. The first-order valence-electron chi connectivity index (χ1n) is 6.96. The highest BCUT2D eigenvalue weighted by Crippen LogP contribution is 2.21. The van der Waals surface area contributed by atoms with Crippen LogP contribution in [-0.2, 0) is 15.3 Å². The molecule has 0 aromatic carbocycles. The maximum absolute atomic E-state index is 9.55. The second kappa shape index (κ2) is 13.9. The van der Waals surface area contributed by atoms with Gasteiger partial charge in [-0.3, -0.25) is 0 Å². The number of thiazole rings is 1. The maximum Gasteiger partial charge on any atom is 0.328 e. The molecule has 0 atom stereocenters. The van der Waals surface area contributed by atoms with E-state index in [9.17, 15) is 9.59 Å². The lowest BCUT2D eigenvalue weighted by Crippen LogP contribution is -2.33. The molecule has 0 unspecified atom stereocenters. The van der Waals surface area contributed by atoms with E-state index in [2.05, 4.69) is 20.6 Å². The SMILES string of the molecule is CNC(=S)NCCSCc1csc(N=C(N)N)n1.O=C(O)/C=C\C(=O)O. The molecular weight excluding hydrogens is 400 g/mol. The molecule has 0 aliphatic carbocycles. The van der Waals surface area contributed by atoms with Gasteiger partial charge in [-0.2, -0.15) is 16.8 Å². The molecule has 26 heavy (non-hydrogen) atoms. The Kier molecular flexibility index (Phi) is 12.6. The van der Waals surface area contributed by atoms with Crippen LogP contribution in [0.2, 0.25) is 0 Å². The predicted octanol–water partition coefficient (Wildman–Crippen LogP) is 0.0869. The van der Waals surface area contributed by atoms with Crippen LogP contribution in [0, 0.1) is 0 Å². The predicted molar refractivity (Wildman–Crippen MR) is 108 cm³/mol. The van der Waals surface area contributed by atoms with E-state index in [0.717, 1.165) is 23.7 Å². The summed E-state index contributed by atoms with van der Waals surface area (Å²) in [5, 5.41) is 24.8. The Morgan fingerprint density at radius 1 is 1.38 bits per heavy atom. The number of aromatic nitrogens is 1. The first-order valence-corrected chi connectivity index (χ1v) is 9.40. The first kappa shape index (κ1) is 23.6. The topological polar surface area (TPSA) is 176 Å². The molecule has 0 aliphatic heterocycles. The van der Waals surface area contributed by atoms with E-state index in [0.29, 0.717) is 22.4 Å². The molecule has 0 amide bonds. The van der Waals surface area contributed by atoms with E-state index in [-0.39, 0.29) is 5.96 Å². The number of guanidine groups is 1. The van der Waals surface area contributed by atoms with Crippen molar-refractivity contribution >= 4 is 63.5 Å². The summed E-state index contributed by atoms with van der Waals surface area (Å²) in [6.07, 6.45) is 1.12. The van der Waals surface area contributed by atoms with Gasteiger partial charge in [-0.15, -0.1) is 11.3 Å². The highest BCUT2D eigenvalue weighted by molar-refractivity contribution is 7.98. The second-order valence-electron chi connectivity index (χ2n) is 4.23. The smallest absolute Gasteiger partial charge is 0.328 e. The summed E-state index contributed by atoms with van der Waals surface area (Å²) in [6, 6.07) is 0. The number of thioether (sulfide) groups is 1. The molecule has 144 valence electrons. The van der Waals surface area contributed by atoms with Gasteiger partial charge in [0.15, 0.2) is 11.1 Å². The van der Waals surface area contributed by atoms with Gasteiger partial charge >= 0.3 is 11.9 Å². The number of carboxylic acids is 2. The lowest BCUT2D eigenvalue weighted by molar-refractivity contribution is -0.134. The molecular formula is C13H20N6O4S3. The van der Waals surface area contributed by atoms with Crippen molar-refractivity contribution in [2.75, 3.05) is 19.3 Å². The fourth-order valence-corrected chi connectivity index (χ4v) is 2.83. The number of nitrogens with two attached hydrogens (primary N) is 2. The Morgan fingerprint density at radius 2 is 2.00 bits per heavy atom. The Labute approximate surface area is 163 Å². The highest BCUT2D eigenvalue weighted by Gasteiger charge is 2.01. The zero-order valence-corrected chi connectivity index (χ0v) is 16.3. The lowest BCUT2D eigenvalue weighted by atomic mass is 10.5. The van der Waals surface area contributed by atoms with E-state index >= 15 is 0 Å². The fraction of sp³-hybridized carbons (Fsp3) is 0.308. The van der Waals surface area contributed by atoms with E-state index < -0.39 is 11.9 Å². The number of carboxylic acid groups (broad SMARTS) is 2. The van der Waals surface area contributed by atoms with Crippen molar-refractivity contribution in [3.8, 4) is 0 Å². The van der Waals surface area contributed by atoms with Crippen LogP contribution < -0.4 is 22.1 Å². The minimum Gasteiger partial charge on any atom is -0.478 e. The summed E-state index contributed by atoms with van der Waals surface area (Å²) in [6.45, 7) is 0.829. The number of aliphatic carboxylic acids is 2. The van der Waals surface area contributed by atoms with Crippen LogP contribution in [0.15, 0.2) is 22.5 Å². The maximum atomic E-state index is 9.55. The number of nitrogens with zero attached hydrogens (tertiary/aromatic N) is 2. The average Bonchev–Trinajstić information content (AvgIpc) is 2.99. The van der Waals surface area contributed by atoms with Crippen molar-refractivity contribution in [2.24, 2.45) is 16.5 Å². The summed E-state index contributed by atoms with van der Waals surface area (Å²) in [7, 11) is 1.79. The standard InChI is InChI=1S/C9H16N6S3.C4H4O4/c1-12-8(16)13-2-3-17-4-6-5-18-9(14-6)15-7(10)11;5-3(6)1-2-4(7)8/h5H,2-4H2,1H3,(H2,12,13,16)(H4,10,11,14,15);1-2H,(H,5,6)(H,7,8)/b;2-1-. The molecule has 1 aromatic rings. The molecule has 0 fully saturated rings. The van der Waals surface area contributed by atoms with Crippen molar-refractivity contribution in [3.05, 3.63) is 23.2 Å². The van der Waals surface area contributed by atoms with Gasteiger partial charge in [-0.05, 0) is 12.2 Å². The third-order valence-corrected chi connectivity index (χ3v) is 4.27. The van der Waals surface area contributed by atoms with Crippen LogP contribution >= 0.6 is 35.3 Å². The Bertz CT molecular complexity index is 642. The number of hydrogen-bond donors (Lipinski definition) is 6. The molecule has 1 aromatic heterocycles. The molecule has 13 heteroatoms. The second-order valence-corrected chi connectivity index (χ2v) is 6.58. The lowest BCUT2D eigenvalue weighted by Gasteiger charge is -2.05. The van der Waals surface area contributed by atoms with Crippen molar-refractivity contribution < 1.29 is 19.8 Å². The molecule has 1 rings (SSSR count). The van der Waals surface area contributed by atoms with E-state index in [1.54, 1.807) is 18.8 Å². The fourth-order valence-electron chi connectivity index (χ4n) is 1.17. The Balaban J connectivity index is 0.000000660. The van der Waals surface area contributed by atoms with Gasteiger partial charge in [0.25, 0.3) is 0 Å². The zero-order chi connectivity index (χ0) is 19.9. The third-order valence-electron chi connectivity index (χ3n) is 2.14. The number of nitrogens with one attached hydrogen (secondary N) is 2. The van der Waals surface area contributed by atoms with Crippen LogP contribution in [-0.4, -0.2) is 57.6 Å². The van der Waals surface area contributed by atoms with Crippen molar-refractivity contribution in [3.63, 3.8) is 0 Å². The van der Waals surface area contributed by atoms with Crippen LogP contribution in [0.3, 0.4) is 0 Å². The van der Waals surface area contributed by atoms with Gasteiger partial charge in [-0.25, -0.2) is 14.6 Å². The molecule has 0 saturated carbocycles. The molecule has 0 aliphatic rings. The molecule has 1 heterocycles. The summed E-state index contributed by atoms with van der Waals surface area (Å²) < 4.78 is 0. The van der Waals surface area contributed by atoms with Gasteiger partial charge in [0.2, 0.25) is 5.13 Å². The molecule has 0 spiro atoms. The number of carbonyl (C=O) groups is 2. The largest absolute Gasteiger partial charge is 0.478 e. The van der Waals surface area contributed by atoms with E-state index in [4.69, 9.17) is 33.9 Å². The van der Waals surface area contributed by atoms with Gasteiger partial charge in [0, 0.05) is 42.6 Å². The number of aliphatic imine (C=N–C) groups is 1. The first-order chi connectivity index (χ1) is 12.2. The van der Waals surface area contributed by atoms with Crippen molar-refractivity contribution in [1.82, 2.24) is 15.6 Å². The van der Waals surface area contributed by atoms with Crippen LogP contribution in [0.4, 0.5) is 5.13 Å². The van der Waals surface area contributed by atoms with E-state index in [1.807, 2.05) is 5.38 Å². The Morgan fingerprint density at radius 3 is 2.50 bits per heavy atom. The monoisotopic (exact) mass is 420 g/mol. The molecule has 0 radical (unpaired) electrons. The Hall–Kier alpha value is -2.38.